The minimum atomic E-state index is -0.297. The van der Waals surface area contributed by atoms with E-state index in [9.17, 15) is 4.79 Å². The van der Waals surface area contributed by atoms with Crippen LogP contribution in [0, 0.1) is 5.41 Å². The Morgan fingerprint density at radius 1 is 1.53 bits per heavy atom. The van der Waals surface area contributed by atoms with E-state index in [1.165, 1.54) is 0 Å². The Labute approximate surface area is 102 Å². The number of carbonyl (C=O) groups excluding carboxylic acids is 1. The summed E-state index contributed by atoms with van der Waals surface area (Å²) in [5.41, 5.74) is 6.61. The molecule has 1 aromatic rings. The largest absolute Gasteiger partial charge is 0.357 e. The van der Waals surface area contributed by atoms with Crippen molar-refractivity contribution >= 4 is 5.91 Å². The summed E-state index contributed by atoms with van der Waals surface area (Å²) in [4.78, 5) is 12.2. The van der Waals surface area contributed by atoms with Crippen LogP contribution >= 0.6 is 0 Å². The maximum Gasteiger partial charge on any atom is 0.227 e. The van der Waals surface area contributed by atoms with Crippen molar-refractivity contribution in [2.75, 3.05) is 6.54 Å². The Morgan fingerprint density at radius 2 is 2.24 bits per heavy atom. The molecule has 1 aliphatic carbocycles. The van der Waals surface area contributed by atoms with Gasteiger partial charge in [0, 0.05) is 32.5 Å². The summed E-state index contributed by atoms with van der Waals surface area (Å²) in [7, 11) is 1.98. The number of hydrogen-bond acceptors (Lipinski definition) is 2. The van der Waals surface area contributed by atoms with Crippen molar-refractivity contribution in [2.24, 2.45) is 18.2 Å². The van der Waals surface area contributed by atoms with E-state index in [-0.39, 0.29) is 11.3 Å². The maximum absolute atomic E-state index is 12.2. The van der Waals surface area contributed by atoms with E-state index in [1.807, 2.05) is 30.1 Å². The zero-order valence-electron chi connectivity index (χ0n) is 10.4. The average molecular weight is 235 g/mol. The molecule has 0 radical (unpaired) electrons. The first-order valence-corrected chi connectivity index (χ1v) is 6.25. The molecule has 1 aromatic heterocycles. The molecule has 0 aliphatic heterocycles. The molecule has 0 saturated heterocycles. The Kier molecular flexibility index (Phi) is 3.52. The van der Waals surface area contributed by atoms with Gasteiger partial charge in [0.05, 0.1) is 5.41 Å². The minimum Gasteiger partial charge on any atom is -0.357 e. The lowest BCUT2D eigenvalue weighted by molar-refractivity contribution is -0.130. The molecule has 17 heavy (non-hydrogen) atoms. The smallest absolute Gasteiger partial charge is 0.227 e. The zero-order valence-corrected chi connectivity index (χ0v) is 10.4. The van der Waals surface area contributed by atoms with Crippen molar-refractivity contribution in [1.29, 1.82) is 0 Å². The molecule has 0 bridgehead atoms. The van der Waals surface area contributed by atoms with Gasteiger partial charge in [-0.1, -0.05) is 12.8 Å². The van der Waals surface area contributed by atoms with Gasteiger partial charge in [-0.3, -0.25) is 4.79 Å². The van der Waals surface area contributed by atoms with Crippen molar-refractivity contribution in [3.63, 3.8) is 0 Å². The summed E-state index contributed by atoms with van der Waals surface area (Å²) in [6, 6.07) is 2.02. The van der Waals surface area contributed by atoms with Crippen LogP contribution in [0.5, 0.6) is 0 Å². The molecule has 3 N–H and O–H groups in total. The van der Waals surface area contributed by atoms with Crippen LogP contribution in [0.15, 0.2) is 18.5 Å². The second kappa shape index (κ2) is 4.92. The summed E-state index contributed by atoms with van der Waals surface area (Å²) in [5, 5.41) is 3.01. The highest BCUT2D eigenvalue weighted by molar-refractivity contribution is 5.83. The predicted molar refractivity (Wildman–Crippen MR) is 67.2 cm³/mol. The van der Waals surface area contributed by atoms with Gasteiger partial charge >= 0.3 is 0 Å². The van der Waals surface area contributed by atoms with Crippen molar-refractivity contribution in [3.8, 4) is 0 Å². The minimum absolute atomic E-state index is 0.126. The average Bonchev–Trinajstić information content (AvgIpc) is 2.95. The number of aromatic nitrogens is 1. The lowest BCUT2D eigenvalue weighted by Gasteiger charge is -2.25. The first-order valence-electron chi connectivity index (χ1n) is 6.25. The van der Waals surface area contributed by atoms with E-state index in [2.05, 4.69) is 5.32 Å². The Bertz CT molecular complexity index is 391. The van der Waals surface area contributed by atoms with E-state index in [1.54, 1.807) is 0 Å². The number of aryl methyl sites for hydroxylation is 1. The number of amides is 1. The van der Waals surface area contributed by atoms with E-state index >= 15 is 0 Å². The third-order valence-corrected chi connectivity index (χ3v) is 3.78. The summed E-state index contributed by atoms with van der Waals surface area (Å²) in [6.45, 7) is 1.06. The molecule has 4 heteroatoms. The molecule has 94 valence electrons. The number of nitrogens with zero attached hydrogens (tertiary/aromatic N) is 1. The number of hydrogen-bond donors (Lipinski definition) is 2. The number of carbonyl (C=O) groups is 1. The Morgan fingerprint density at radius 3 is 2.76 bits per heavy atom. The molecule has 2 rings (SSSR count). The van der Waals surface area contributed by atoms with Crippen molar-refractivity contribution in [3.05, 3.63) is 24.0 Å². The Hall–Kier alpha value is -1.29. The lowest BCUT2D eigenvalue weighted by Crippen LogP contribution is -2.43. The van der Waals surface area contributed by atoms with Gasteiger partial charge in [0.2, 0.25) is 5.91 Å². The molecule has 0 atom stereocenters. The monoisotopic (exact) mass is 235 g/mol. The SMILES string of the molecule is Cn1ccc(CNC(=O)C2(CN)CCCC2)c1. The highest BCUT2D eigenvalue weighted by Crippen LogP contribution is 2.37. The second-order valence-electron chi connectivity index (χ2n) is 5.06. The van der Waals surface area contributed by atoms with Crippen LogP contribution in [0.3, 0.4) is 0 Å². The molecule has 1 aliphatic rings. The van der Waals surface area contributed by atoms with Crippen LogP contribution in [-0.2, 0) is 18.4 Å². The molecule has 1 fully saturated rings. The van der Waals surface area contributed by atoms with Gasteiger partial charge in [-0.2, -0.15) is 0 Å². The number of nitrogens with one attached hydrogen (secondary N) is 1. The fourth-order valence-electron chi connectivity index (χ4n) is 2.61. The fraction of sp³-hybridized carbons (Fsp3) is 0.615. The van der Waals surface area contributed by atoms with E-state index < -0.39 is 0 Å². The third kappa shape index (κ3) is 2.52. The normalized spacial score (nSPS) is 18.2. The van der Waals surface area contributed by atoms with Crippen LogP contribution in [-0.4, -0.2) is 17.0 Å². The molecular weight excluding hydrogens is 214 g/mol. The standard InChI is InChI=1S/C13H21N3O/c1-16-7-4-11(9-16)8-15-12(17)13(10-14)5-2-3-6-13/h4,7,9H,2-3,5-6,8,10,14H2,1H3,(H,15,17). The molecule has 0 spiro atoms. The van der Waals surface area contributed by atoms with Gasteiger partial charge in [-0.05, 0) is 24.5 Å². The molecule has 1 amide bonds. The molecule has 1 heterocycles. The van der Waals surface area contributed by atoms with Crippen molar-refractivity contribution in [1.82, 2.24) is 9.88 Å². The number of nitrogens with two attached hydrogens (primary N) is 1. The second-order valence-corrected chi connectivity index (χ2v) is 5.06. The topological polar surface area (TPSA) is 60.0 Å². The predicted octanol–water partition coefficient (Wildman–Crippen LogP) is 1.16. The highest BCUT2D eigenvalue weighted by atomic mass is 16.2. The first kappa shape index (κ1) is 12.2. The molecule has 0 aromatic carbocycles. The molecular formula is C13H21N3O. The molecule has 1 saturated carbocycles. The number of rotatable bonds is 4. The molecule has 4 nitrogen and oxygen atoms in total. The van der Waals surface area contributed by atoms with Gasteiger partial charge in [0.25, 0.3) is 0 Å². The maximum atomic E-state index is 12.2. The quantitative estimate of drug-likeness (QED) is 0.822. The van der Waals surface area contributed by atoms with Crippen molar-refractivity contribution in [2.45, 2.75) is 32.2 Å². The first-order chi connectivity index (χ1) is 8.16. The van der Waals surface area contributed by atoms with Crippen LogP contribution in [0.2, 0.25) is 0 Å². The highest BCUT2D eigenvalue weighted by Gasteiger charge is 2.39. The van der Waals surface area contributed by atoms with Crippen molar-refractivity contribution < 1.29 is 4.79 Å². The lowest BCUT2D eigenvalue weighted by atomic mass is 9.85. The van der Waals surface area contributed by atoms with Gasteiger partial charge in [0.1, 0.15) is 0 Å². The summed E-state index contributed by atoms with van der Waals surface area (Å²) in [5.74, 6) is 0.126. The Balaban J connectivity index is 1.92. The summed E-state index contributed by atoms with van der Waals surface area (Å²) < 4.78 is 1.98. The summed E-state index contributed by atoms with van der Waals surface area (Å²) in [6.07, 6.45) is 8.11. The van der Waals surface area contributed by atoms with Gasteiger partial charge in [0.15, 0.2) is 0 Å². The van der Waals surface area contributed by atoms with Gasteiger partial charge < -0.3 is 15.6 Å². The van der Waals surface area contributed by atoms with E-state index in [0.29, 0.717) is 13.1 Å². The fourth-order valence-corrected chi connectivity index (χ4v) is 2.61. The van der Waals surface area contributed by atoms with Crippen LogP contribution in [0.25, 0.3) is 0 Å². The van der Waals surface area contributed by atoms with E-state index in [0.717, 1.165) is 31.2 Å². The summed E-state index contributed by atoms with van der Waals surface area (Å²) >= 11 is 0. The van der Waals surface area contributed by atoms with Crippen LogP contribution in [0.4, 0.5) is 0 Å². The van der Waals surface area contributed by atoms with Gasteiger partial charge in [-0.25, -0.2) is 0 Å². The van der Waals surface area contributed by atoms with Crippen LogP contribution < -0.4 is 11.1 Å². The van der Waals surface area contributed by atoms with E-state index in [4.69, 9.17) is 5.73 Å². The zero-order chi connectivity index (χ0) is 12.3. The molecule has 0 unspecified atom stereocenters. The third-order valence-electron chi connectivity index (χ3n) is 3.78. The van der Waals surface area contributed by atoms with Crippen LogP contribution in [0.1, 0.15) is 31.2 Å². The van der Waals surface area contributed by atoms with Gasteiger partial charge in [-0.15, -0.1) is 0 Å².